The van der Waals surface area contributed by atoms with Gasteiger partial charge in [-0.15, -0.1) is 0 Å². The Balaban J connectivity index is -0.000000143. The molecule has 0 rings (SSSR count). The van der Waals surface area contributed by atoms with Gasteiger partial charge in [-0.05, 0) is 93.9 Å². The standard InChI is InChI=1S/2C8H16O3.2C7H14O3.C7H16O2.C6H14O2/c1-4-8(2,3)7(10)11-6-5-9;1-4-8(2,3)11-7(10)5-6-9;1-3-6(2)7(9)10-5-4-8;1-3-6(2)10-7(9)4-5-8;1-4-7(2,3)9-6-5-8;1-3-6(2)8-5-4-7/h2*9H,4-6H2,1-3H3;2*6,8H,3-5H2,1-2H3;8H,4-6H2,1-3H3;6-7H,3-5H2,1-2H3. The van der Waals surface area contributed by atoms with E-state index in [2.05, 4.69) is 18.6 Å². The smallest absolute Gasteiger partial charge is 0.311 e. The summed E-state index contributed by atoms with van der Waals surface area (Å²) in [6.07, 6.45) is 5.57. The summed E-state index contributed by atoms with van der Waals surface area (Å²) in [6.45, 7) is 29.8. The van der Waals surface area contributed by atoms with Gasteiger partial charge in [0.2, 0.25) is 0 Å². The van der Waals surface area contributed by atoms with E-state index in [9.17, 15) is 19.2 Å². The fourth-order valence-corrected chi connectivity index (χ4v) is 2.71. The zero-order valence-corrected chi connectivity index (χ0v) is 39.7. The van der Waals surface area contributed by atoms with Crippen LogP contribution in [0.3, 0.4) is 0 Å². The minimum atomic E-state index is -0.421. The molecule has 6 N–H and O–H groups in total. The van der Waals surface area contributed by atoms with Crippen LogP contribution in [0.25, 0.3) is 0 Å². The van der Waals surface area contributed by atoms with Gasteiger partial charge in [0.15, 0.2) is 0 Å². The van der Waals surface area contributed by atoms with Crippen LogP contribution < -0.4 is 0 Å². The molecule has 0 bridgehead atoms. The van der Waals surface area contributed by atoms with Crippen LogP contribution in [0, 0.1) is 11.3 Å². The number of aliphatic hydroxyl groups excluding tert-OH is 6. The SMILES string of the molecule is CCC(C)(C)C(=O)OCCO.CCC(C)(C)OC(=O)CCO.CCC(C)(C)OCCO.CCC(C)C(=O)OCCO.CCC(C)OC(=O)CCO.CCC(C)OCCO. The average Bonchev–Trinajstić information content (AvgIpc) is 3.20. The van der Waals surface area contributed by atoms with E-state index in [4.69, 9.17) is 54.3 Å². The lowest BCUT2D eigenvalue weighted by atomic mass is 9.91. The second kappa shape index (κ2) is 45.1. The Bertz CT molecular complexity index is 956. The van der Waals surface area contributed by atoms with Crippen molar-refractivity contribution in [2.24, 2.45) is 11.3 Å². The predicted molar refractivity (Wildman–Crippen MR) is 230 cm³/mol. The topological polar surface area (TPSA) is 245 Å². The normalized spacial score (nSPS) is 12.2. The molecule has 358 valence electrons. The zero-order chi connectivity index (χ0) is 47.5. The van der Waals surface area contributed by atoms with Crippen LogP contribution in [0.15, 0.2) is 0 Å². The van der Waals surface area contributed by atoms with Crippen LogP contribution in [-0.4, -0.2) is 144 Å². The van der Waals surface area contributed by atoms with Crippen LogP contribution in [0.5, 0.6) is 0 Å². The Morgan fingerprint density at radius 1 is 0.508 bits per heavy atom. The van der Waals surface area contributed by atoms with Gasteiger partial charge >= 0.3 is 23.9 Å². The number of rotatable bonds is 24. The van der Waals surface area contributed by atoms with Gasteiger partial charge in [-0.3, -0.25) is 19.2 Å². The molecule has 0 aliphatic heterocycles. The second-order valence-electron chi connectivity index (χ2n) is 15.0. The fourth-order valence-electron chi connectivity index (χ4n) is 2.71. The van der Waals surface area contributed by atoms with Crippen LogP contribution in [0.1, 0.15) is 155 Å². The molecule has 0 spiro atoms. The van der Waals surface area contributed by atoms with Crippen molar-refractivity contribution < 1.29 is 78.2 Å². The molecule has 3 atom stereocenters. The summed E-state index contributed by atoms with van der Waals surface area (Å²) < 4.78 is 29.7. The van der Waals surface area contributed by atoms with E-state index in [1.165, 1.54) is 0 Å². The highest BCUT2D eigenvalue weighted by atomic mass is 16.6. The van der Waals surface area contributed by atoms with Gasteiger partial charge in [-0.1, -0.05) is 48.5 Å². The second-order valence-corrected chi connectivity index (χ2v) is 15.0. The van der Waals surface area contributed by atoms with Crippen molar-refractivity contribution in [1.82, 2.24) is 0 Å². The van der Waals surface area contributed by atoms with E-state index in [-0.39, 0.29) is 107 Å². The molecule has 0 aliphatic carbocycles. The van der Waals surface area contributed by atoms with Gasteiger partial charge in [-0.25, -0.2) is 0 Å². The number of esters is 4. The molecular weight excluding hydrogens is 772 g/mol. The average molecular weight is 863 g/mol. The van der Waals surface area contributed by atoms with Gasteiger partial charge in [0, 0.05) is 0 Å². The molecule has 0 saturated carbocycles. The van der Waals surface area contributed by atoms with Crippen LogP contribution in [-0.2, 0) is 47.6 Å². The molecule has 0 aromatic rings. The zero-order valence-electron chi connectivity index (χ0n) is 39.7. The van der Waals surface area contributed by atoms with Crippen LogP contribution in [0.4, 0.5) is 0 Å². The third-order valence-electron chi connectivity index (χ3n) is 8.40. The Kier molecular flexibility index (Phi) is 52.2. The van der Waals surface area contributed by atoms with E-state index in [0.717, 1.165) is 38.5 Å². The van der Waals surface area contributed by atoms with Gasteiger partial charge in [0.05, 0.1) is 94.8 Å². The molecule has 0 heterocycles. The highest BCUT2D eigenvalue weighted by Crippen LogP contribution is 2.21. The fraction of sp³-hybridized carbons (Fsp3) is 0.907. The van der Waals surface area contributed by atoms with E-state index >= 15 is 0 Å². The molecule has 0 aliphatic rings. The van der Waals surface area contributed by atoms with Gasteiger partial charge in [-0.2, -0.15) is 0 Å². The van der Waals surface area contributed by atoms with E-state index in [0.29, 0.717) is 19.3 Å². The van der Waals surface area contributed by atoms with Gasteiger partial charge < -0.3 is 59.1 Å². The van der Waals surface area contributed by atoms with Crippen molar-refractivity contribution in [3.63, 3.8) is 0 Å². The van der Waals surface area contributed by atoms with Gasteiger partial charge in [0.1, 0.15) is 18.8 Å². The van der Waals surface area contributed by atoms with Crippen molar-refractivity contribution in [1.29, 1.82) is 0 Å². The van der Waals surface area contributed by atoms with E-state index in [1.807, 2.05) is 83.1 Å². The molecule has 0 aromatic carbocycles. The molecule has 16 heteroatoms. The molecule has 0 aromatic heterocycles. The summed E-state index contributed by atoms with van der Waals surface area (Å²) >= 11 is 0. The molecule has 59 heavy (non-hydrogen) atoms. The first-order chi connectivity index (χ1) is 27.4. The number of ether oxygens (including phenoxy) is 6. The third kappa shape index (κ3) is 53.5. The minimum absolute atomic E-state index is 0.0287. The van der Waals surface area contributed by atoms with E-state index in [1.54, 1.807) is 6.92 Å². The number of hydrogen-bond acceptors (Lipinski definition) is 16. The molecule has 0 saturated heterocycles. The van der Waals surface area contributed by atoms with Gasteiger partial charge in [0.25, 0.3) is 0 Å². The van der Waals surface area contributed by atoms with Crippen molar-refractivity contribution in [2.45, 2.75) is 179 Å². The quantitative estimate of drug-likeness (QED) is 0.0532. The molecule has 0 fully saturated rings. The maximum absolute atomic E-state index is 11.1. The Morgan fingerprint density at radius 3 is 1.32 bits per heavy atom. The van der Waals surface area contributed by atoms with Crippen molar-refractivity contribution >= 4 is 23.9 Å². The summed E-state index contributed by atoms with van der Waals surface area (Å²) in [5, 5.41) is 50.1. The van der Waals surface area contributed by atoms with Crippen molar-refractivity contribution in [3.05, 3.63) is 0 Å². The first kappa shape index (κ1) is 68.3. The van der Waals surface area contributed by atoms with Crippen molar-refractivity contribution in [2.75, 3.05) is 66.1 Å². The summed E-state index contributed by atoms with van der Waals surface area (Å²) in [4.78, 5) is 43.4. The predicted octanol–water partition coefficient (Wildman–Crippen LogP) is 5.31. The Labute approximate surface area is 357 Å². The molecule has 0 amide bonds. The summed E-state index contributed by atoms with van der Waals surface area (Å²) in [7, 11) is 0. The summed E-state index contributed by atoms with van der Waals surface area (Å²) in [6, 6.07) is 0. The number of hydrogen-bond donors (Lipinski definition) is 6. The lowest BCUT2D eigenvalue weighted by Crippen LogP contribution is -2.27. The Hall–Kier alpha value is -2.44. The molecular formula is C43H90O16. The first-order valence-corrected chi connectivity index (χ1v) is 21.1. The number of carbonyl (C=O) groups excluding carboxylic acids is 4. The van der Waals surface area contributed by atoms with Crippen LogP contribution >= 0.6 is 0 Å². The first-order valence-electron chi connectivity index (χ1n) is 21.1. The minimum Gasteiger partial charge on any atom is -0.463 e. The maximum atomic E-state index is 11.1. The van der Waals surface area contributed by atoms with Crippen LogP contribution in [0.2, 0.25) is 0 Å². The molecule has 3 unspecified atom stereocenters. The highest BCUT2D eigenvalue weighted by Gasteiger charge is 2.26. The third-order valence-corrected chi connectivity index (χ3v) is 8.40. The molecule has 0 radical (unpaired) electrons. The monoisotopic (exact) mass is 863 g/mol. The van der Waals surface area contributed by atoms with E-state index < -0.39 is 11.0 Å². The summed E-state index contributed by atoms with van der Waals surface area (Å²) in [5.74, 6) is -1.17. The summed E-state index contributed by atoms with van der Waals surface area (Å²) in [5.41, 5.74) is -0.885. The lowest BCUT2D eigenvalue weighted by molar-refractivity contribution is -0.157. The maximum Gasteiger partial charge on any atom is 0.311 e. The molecule has 16 nitrogen and oxygen atoms in total. The Morgan fingerprint density at radius 2 is 0.949 bits per heavy atom. The highest BCUT2D eigenvalue weighted by molar-refractivity contribution is 5.75. The largest absolute Gasteiger partial charge is 0.463 e. The van der Waals surface area contributed by atoms with Crippen molar-refractivity contribution in [3.8, 4) is 0 Å². The number of carbonyl (C=O) groups is 4. The lowest BCUT2D eigenvalue weighted by Gasteiger charge is -2.22. The number of aliphatic hydroxyl groups is 6.